The number of anilines is 1. The number of rotatable bonds is 5. The molecule has 0 aliphatic rings. The highest BCUT2D eigenvalue weighted by Gasteiger charge is 2.33. The predicted octanol–water partition coefficient (Wildman–Crippen LogP) is 4.20. The van der Waals surface area contributed by atoms with Gasteiger partial charge in [-0.15, -0.1) is 0 Å². The summed E-state index contributed by atoms with van der Waals surface area (Å²) >= 11 is 0. The van der Waals surface area contributed by atoms with E-state index in [2.05, 4.69) is 10.3 Å². The molecule has 0 saturated heterocycles. The first kappa shape index (κ1) is 15.2. The average molecular weight is 296 g/mol. The summed E-state index contributed by atoms with van der Waals surface area (Å²) in [4.78, 5) is 3.97. The number of alkyl halides is 3. The quantitative estimate of drug-likeness (QED) is 0.898. The standard InChI is InChI=1S/C15H15F3N2O/c1-21-14-12(8-5-9-19-14)20-13(10-15(16,17)18)11-6-3-2-4-7-11/h2-9,13,20H,10H2,1H3. The van der Waals surface area contributed by atoms with Gasteiger partial charge in [-0.1, -0.05) is 30.3 Å². The van der Waals surface area contributed by atoms with Crippen LogP contribution in [0.4, 0.5) is 18.9 Å². The number of pyridine rings is 1. The van der Waals surface area contributed by atoms with Gasteiger partial charge in [-0.25, -0.2) is 4.98 Å². The molecular formula is C15H15F3N2O. The molecule has 1 unspecified atom stereocenters. The third-order valence-corrected chi connectivity index (χ3v) is 2.93. The Morgan fingerprint density at radius 2 is 1.86 bits per heavy atom. The van der Waals surface area contributed by atoms with Crippen LogP contribution in [0, 0.1) is 0 Å². The number of hydrogen-bond acceptors (Lipinski definition) is 3. The van der Waals surface area contributed by atoms with Crippen LogP contribution in [0.3, 0.4) is 0 Å². The van der Waals surface area contributed by atoms with E-state index >= 15 is 0 Å². The smallest absolute Gasteiger partial charge is 0.391 e. The maximum Gasteiger partial charge on any atom is 0.391 e. The normalized spacial score (nSPS) is 12.8. The monoisotopic (exact) mass is 296 g/mol. The molecule has 1 aromatic heterocycles. The highest BCUT2D eigenvalue weighted by Crippen LogP contribution is 2.34. The number of nitrogens with one attached hydrogen (secondary N) is 1. The van der Waals surface area contributed by atoms with E-state index in [0.29, 0.717) is 11.3 Å². The van der Waals surface area contributed by atoms with Crippen molar-refractivity contribution in [1.82, 2.24) is 4.98 Å². The Morgan fingerprint density at radius 3 is 2.48 bits per heavy atom. The van der Waals surface area contributed by atoms with Crippen molar-refractivity contribution < 1.29 is 17.9 Å². The minimum absolute atomic E-state index is 0.264. The highest BCUT2D eigenvalue weighted by molar-refractivity contribution is 5.53. The van der Waals surface area contributed by atoms with Gasteiger partial charge in [-0.05, 0) is 17.7 Å². The molecule has 3 nitrogen and oxygen atoms in total. The molecular weight excluding hydrogens is 281 g/mol. The summed E-state index contributed by atoms with van der Waals surface area (Å²) in [6, 6.07) is 10.9. The van der Waals surface area contributed by atoms with E-state index in [1.54, 1.807) is 42.5 Å². The van der Waals surface area contributed by atoms with Gasteiger partial charge in [-0.3, -0.25) is 0 Å². The molecule has 0 saturated carbocycles. The van der Waals surface area contributed by atoms with Gasteiger partial charge in [0.25, 0.3) is 0 Å². The van der Waals surface area contributed by atoms with Gasteiger partial charge < -0.3 is 10.1 Å². The van der Waals surface area contributed by atoms with Gasteiger partial charge in [0.1, 0.15) is 0 Å². The van der Waals surface area contributed by atoms with Crippen molar-refractivity contribution in [1.29, 1.82) is 0 Å². The molecule has 1 atom stereocenters. The van der Waals surface area contributed by atoms with E-state index in [4.69, 9.17) is 4.74 Å². The Kier molecular flexibility index (Phi) is 4.67. The number of ether oxygens (including phenoxy) is 1. The van der Waals surface area contributed by atoms with Gasteiger partial charge in [0, 0.05) is 6.20 Å². The van der Waals surface area contributed by atoms with E-state index in [1.165, 1.54) is 13.3 Å². The highest BCUT2D eigenvalue weighted by atomic mass is 19.4. The lowest BCUT2D eigenvalue weighted by Gasteiger charge is -2.22. The molecule has 1 N–H and O–H groups in total. The Balaban J connectivity index is 2.28. The second kappa shape index (κ2) is 6.47. The number of aromatic nitrogens is 1. The first-order chi connectivity index (χ1) is 9.99. The van der Waals surface area contributed by atoms with E-state index in [9.17, 15) is 13.2 Å². The van der Waals surface area contributed by atoms with E-state index < -0.39 is 18.6 Å². The fourth-order valence-electron chi connectivity index (χ4n) is 2.02. The van der Waals surface area contributed by atoms with Crippen molar-refractivity contribution in [3.05, 3.63) is 54.2 Å². The van der Waals surface area contributed by atoms with Crippen LogP contribution in [0.15, 0.2) is 48.7 Å². The minimum Gasteiger partial charge on any atom is -0.480 e. The fraction of sp³-hybridized carbons (Fsp3) is 0.267. The molecule has 2 aromatic rings. The van der Waals surface area contributed by atoms with Crippen molar-refractivity contribution in [3.63, 3.8) is 0 Å². The molecule has 0 aliphatic carbocycles. The largest absolute Gasteiger partial charge is 0.480 e. The molecule has 0 bridgehead atoms. The number of methoxy groups -OCH3 is 1. The molecule has 0 radical (unpaired) electrons. The fourth-order valence-corrected chi connectivity index (χ4v) is 2.02. The maximum absolute atomic E-state index is 12.8. The van der Waals surface area contributed by atoms with Crippen LogP contribution in [-0.4, -0.2) is 18.3 Å². The number of hydrogen-bond donors (Lipinski definition) is 1. The number of halogens is 3. The Bertz CT molecular complexity index is 573. The lowest BCUT2D eigenvalue weighted by atomic mass is 10.0. The van der Waals surface area contributed by atoms with Crippen LogP contribution >= 0.6 is 0 Å². The molecule has 1 aromatic carbocycles. The Hall–Kier alpha value is -2.24. The van der Waals surface area contributed by atoms with E-state index in [0.717, 1.165) is 0 Å². The molecule has 112 valence electrons. The molecule has 2 rings (SSSR count). The summed E-state index contributed by atoms with van der Waals surface area (Å²) in [6.07, 6.45) is -3.73. The second-order valence-corrected chi connectivity index (χ2v) is 4.49. The van der Waals surface area contributed by atoms with Crippen LogP contribution in [-0.2, 0) is 0 Å². The molecule has 21 heavy (non-hydrogen) atoms. The zero-order chi connectivity index (χ0) is 15.3. The Morgan fingerprint density at radius 1 is 1.14 bits per heavy atom. The van der Waals surface area contributed by atoms with Crippen molar-refractivity contribution in [2.24, 2.45) is 0 Å². The van der Waals surface area contributed by atoms with Crippen LogP contribution in [0.5, 0.6) is 5.88 Å². The van der Waals surface area contributed by atoms with E-state index in [-0.39, 0.29) is 5.88 Å². The van der Waals surface area contributed by atoms with Crippen molar-refractivity contribution in [3.8, 4) is 5.88 Å². The van der Waals surface area contributed by atoms with Crippen molar-refractivity contribution in [2.75, 3.05) is 12.4 Å². The summed E-state index contributed by atoms with van der Waals surface area (Å²) in [6.45, 7) is 0. The SMILES string of the molecule is COc1ncccc1NC(CC(F)(F)F)c1ccccc1. The predicted molar refractivity (Wildman–Crippen MR) is 74.3 cm³/mol. The van der Waals surface area contributed by atoms with Crippen LogP contribution in [0.2, 0.25) is 0 Å². The van der Waals surface area contributed by atoms with Crippen LogP contribution < -0.4 is 10.1 Å². The summed E-state index contributed by atoms with van der Waals surface area (Å²) in [5, 5.41) is 2.86. The second-order valence-electron chi connectivity index (χ2n) is 4.49. The zero-order valence-electron chi connectivity index (χ0n) is 11.4. The van der Waals surface area contributed by atoms with Gasteiger partial charge >= 0.3 is 6.18 Å². The first-order valence-corrected chi connectivity index (χ1v) is 6.37. The third kappa shape index (κ3) is 4.37. The molecule has 0 amide bonds. The molecule has 0 aliphatic heterocycles. The summed E-state index contributed by atoms with van der Waals surface area (Å²) in [7, 11) is 1.43. The van der Waals surface area contributed by atoms with Gasteiger partial charge in [0.2, 0.25) is 5.88 Å². The van der Waals surface area contributed by atoms with Crippen LogP contribution in [0.1, 0.15) is 18.0 Å². The summed E-state index contributed by atoms with van der Waals surface area (Å²) in [5.74, 6) is 0.264. The average Bonchev–Trinajstić information content (AvgIpc) is 2.47. The number of benzene rings is 1. The third-order valence-electron chi connectivity index (χ3n) is 2.93. The van der Waals surface area contributed by atoms with Crippen molar-refractivity contribution >= 4 is 5.69 Å². The van der Waals surface area contributed by atoms with Crippen molar-refractivity contribution in [2.45, 2.75) is 18.6 Å². The number of nitrogens with zero attached hydrogens (tertiary/aromatic N) is 1. The topological polar surface area (TPSA) is 34.1 Å². The zero-order valence-corrected chi connectivity index (χ0v) is 11.4. The summed E-state index contributed by atoms with van der Waals surface area (Å²) < 4.78 is 43.4. The lowest BCUT2D eigenvalue weighted by molar-refractivity contribution is -0.137. The molecule has 0 spiro atoms. The van der Waals surface area contributed by atoms with Crippen LogP contribution in [0.25, 0.3) is 0 Å². The Labute approximate surface area is 120 Å². The van der Waals surface area contributed by atoms with Gasteiger partial charge in [0.05, 0.1) is 25.3 Å². The van der Waals surface area contributed by atoms with E-state index in [1.807, 2.05) is 0 Å². The first-order valence-electron chi connectivity index (χ1n) is 6.37. The molecule has 1 heterocycles. The molecule has 6 heteroatoms. The molecule has 0 fully saturated rings. The van der Waals surface area contributed by atoms with Gasteiger partial charge in [0.15, 0.2) is 0 Å². The maximum atomic E-state index is 12.8. The summed E-state index contributed by atoms with van der Waals surface area (Å²) in [5.41, 5.74) is 0.985. The lowest BCUT2D eigenvalue weighted by Crippen LogP contribution is -2.20. The van der Waals surface area contributed by atoms with Gasteiger partial charge in [-0.2, -0.15) is 13.2 Å². The minimum atomic E-state index is -4.27.